The van der Waals surface area contributed by atoms with Gasteiger partial charge in [-0.1, -0.05) is 20.8 Å². The second-order valence-corrected chi connectivity index (χ2v) is 11.7. The predicted molar refractivity (Wildman–Crippen MR) is 77.8 cm³/mol. The van der Waals surface area contributed by atoms with Crippen LogP contribution in [-0.2, 0) is 23.5 Å². The Balaban J connectivity index is 2.55. The van der Waals surface area contributed by atoms with Crippen molar-refractivity contribution in [2.45, 2.75) is 70.9 Å². The fraction of sp³-hybridized carbons (Fsp3) is 0.857. The number of carbonyl (C=O) groups is 2. The van der Waals surface area contributed by atoms with E-state index in [9.17, 15) is 9.59 Å². The Kier molecular flexibility index (Phi) is 5.37. The molecule has 1 saturated heterocycles. The summed E-state index contributed by atoms with van der Waals surface area (Å²) in [6.07, 6.45) is -0.0627. The van der Waals surface area contributed by atoms with Crippen molar-refractivity contribution in [2.75, 3.05) is 6.61 Å². The molecule has 1 aliphatic rings. The molecule has 0 amide bonds. The summed E-state index contributed by atoms with van der Waals surface area (Å²) < 4.78 is 16.4. The van der Waals surface area contributed by atoms with Crippen LogP contribution in [0.2, 0.25) is 18.1 Å². The quantitative estimate of drug-likeness (QED) is 0.590. The predicted octanol–water partition coefficient (Wildman–Crippen LogP) is 2.65. The van der Waals surface area contributed by atoms with Crippen molar-refractivity contribution >= 4 is 20.3 Å². The van der Waals surface area contributed by atoms with Crippen LogP contribution in [0.4, 0.5) is 0 Å². The van der Waals surface area contributed by atoms with Crippen LogP contribution in [0.15, 0.2) is 0 Å². The summed E-state index contributed by atoms with van der Waals surface area (Å²) in [4.78, 5) is 22.5. The molecular weight excluding hydrogens is 276 g/mol. The number of rotatable bonds is 4. The Labute approximate surface area is 122 Å². The summed E-state index contributed by atoms with van der Waals surface area (Å²) in [5.41, 5.74) is 0. The molecule has 1 heterocycles. The van der Waals surface area contributed by atoms with Gasteiger partial charge in [0.15, 0.2) is 8.32 Å². The number of cyclic esters (lactones) is 1. The Morgan fingerprint density at radius 1 is 1.40 bits per heavy atom. The molecule has 0 aromatic carbocycles. The van der Waals surface area contributed by atoms with Crippen LogP contribution in [0.3, 0.4) is 0 Å². The molecule has 0 aromatic heterocycles. The Hall–Kier alpha value is -0.883. The molecule has 0 spiro atoms. The zero-order chi connectivity index (χ0) is 15.6. The molecular formula is C14H26O5Si. The van der Waals surface area contributed by atoms with E-state index in [1.165, 1.54) is 6.92 Å². The molecule has 5 nitrogen and oxygen atoms in total. The average molecular weight is 302 g/mol. The summed E-state index contributed by atoms with van der Waals surface area (Å²) in [6, 6.07) is 0. The van der Waals surface area contributed by atoms with Gasteiger partial charge >= 0.3 is 11.9 Å². The van der Waals surface area contributed by atoms with Crippen molar-refractivity contribution in [2.24, 2.45) is 0 Å². The third kappa shape index (κ3) is 4.90. The SMILES string of the molecule is CC(=O)OC1CC(=O)OC(CO[Si](C)(C)C(C)(C)C)C1. The van der Waals surface area contributed by atoms with Crippen LogP contribution in [0.5, 0.6) is 0 Å². The lowest BCUT2D eigenvalue weighted by molar-refractivity contribution is -0.170. The number of carbonyl (C=O) groups excluding carboxylic acids is 2. The van der Waals surface area contributed by atoms with Crippen molar-refractivity contribution in [3.8, 4) is 0 Å². The van der Waals surface area contributed by atoms with Gasteiger partial charge in [-0.2, -0.15) is 0 Å². The molecule has 116 valence electrons. The molecule has 0 aliphatic carbocycles. The van der Waals surface area contributed by atoms with Gasteiger partial charge in [-0.05, 0) is 18.1 Å². The van der Waals surface area contributed by atoms with Crippen LogP contribution in [-0.4, -0.2) is 39.1 Å². The zero-order valence-corrected chi connectivity index (χ0v) is 14.3. The van der Waals surface area contributed by atoms with Gasteiger partial charge in [0.25, 0.3) is 0 Å². The first kappa shape index (κ1) is 17.2. The Morgan fingerprint density at radius 3 is 2.50 bits per heavy atom. The Morgan fingerprint density at radius 2 is 2.00 bits per heavy atom. The van der Waals surface area contributed by atoms with Crippen molar-refractivity contribution in [1.29, 1.82) is 0 Å². The highest BCUT2D eigenvalue weighted by atomic mass is 28.4. The van der Waals surface area contributed by atoms with Crippen LogP contribution >= 0.6 is 0 Å². The fourth-order valence-corrected chi connectivity index (χ4v) is 2.82. The molecule has 2 unspecified atom stereocenters. The summed E-state index contributed by atoms with van der Waals surface area (Å²) >= 11 is 0. The summed E-state index contributed by atoms with van der Waals surface area (Å²) in [7, 11) is -1.86. The van der Waals surface area contributed by atoms with E-state index >= 15 is 0 Å². The molecule has 1 fully saturated rings. The first-order chi connectivity index (χ1) is 9.01. The highest BCUT2D eigenvalue weighted by Crippen LogP contribution is 2.37. The highest BCUT2D eigenvalue weighted by Gasteiger charge is 2.39. The maximum Gasteiger partial charge on any atom is 0.309 e. The van der Waals surface area contributed by atoms with E-state index in [1.54, 1.807) is 0 Å². The zero-order valence-electron chi connectivity index (χ0n) is 13.3. The van der Waals surface area contributed by atoms with Gasteiger partial charge < -0.3 is 13.9 Å². The maximum absolute atomic E-state index is 11.5. The molecule has 1 aliphatic heterocycles. The molecule has 6 heteroatoms. The number of hydrogen-bond acceptors (Lipinski definition) is 5. The van der Waals surface area contributed by atoms with E-state index in [0.29, 0.717) is 13.0 Å². The molecule has 0 bridgehead atoms. The summed E-state index contributed by atoms with van der Waals surface area (Å²) in [5.74, 6) is -0.694. The van der Waals surface area contributed by atoms with E-state index < -0.39 is 8.32 Å². The van der Waals surface area contributed by atoms with Crippen LogP contribution in [0.25, 0.3) is 0 Å². The molecule has 2 atom stereocenters. The lowest BCUT2D eigenvalue weighted by Gasteiger charge is -2.38. The molecule has 20 heavy (non-hydrogen) atoms. The average Bonchev–Trinajstić information content (AvgIpc) is 2.23. The van der Waals surface area contributed by atoms with Gasteiger partial charge in [0, 0.05) is 13.3 Å². The summed E-state index contributed by atoms with van der Waals surface area (Å²) in [5, 5.41) is 0.112. The normalized spacial score (nSPS) is 24.2. The van der Waals surface area contributed by atoms with Crippen molar-refractivity contribution < 1.29 is 23.5 Å². The van der Waals surface area contributed by atoms with Gasteiger partial charge in [-0.15, -0.1) is 0 Å². The lowest BCUT2D eigenvalue weighted by Crippen LogP contribution is -2.45. The van der Waals surface area contributed by atoms with Crippen molar-refractivity contribution in [3.63, 3.8) is 0 Å². The fourth-order valence-electron chi connectivity index (χ4n) is 1.79. The molecule has 0 radical (unpaired) electrons. The van der Waals surface area contributed by atoms with E-state index in [2.05, 4.69) is 33.9 Å². The maximum atomic E-state index is 11.5. The van der Waals surface area contributed by atoms with Crippen molar-refractivity contribution in [3.05, 3.63) is 0 Å². The Bertz CT molecular complexity index is 370. The summed E-state index contributed by atoms with van der Waals surface area (Å²) in [6.45, 7) is 12.5. The minimum absolute atomic E-state index is 0.112. The van der Waals surface area contributed by atoms with E-state index in [4.69, 9.17) is 13.9 Å². The highest BCUT2D eigenvalue weighted by molar-refractivity contribution is 6.74. The lowest BCUT2D eigenvalue weighted by atomic mass is 10.1. The first-order valence-corrected chi connectivity index (χ1v) is 9.93. The smallest absolute Gasteiger partial charge is 0.309 e. The van der Waals surface area contributed by atoms with E-state index in [-0.39, 0.29) is 35.6 Å². The minimum atomic E-state index is -1.86. The number of esters is 2. The standard InChI is InChI=1S/C14H26O5Si/c1-10(15)18-11-7-12(19-13(16)8-11)9-17-20(5,6)14(2,3)4/h11-12H,7-9H2,1-6H3. The van der Waals surface area contributed by atoms with Gasteiger partial charge in [-0.25, -0.2) is 0 Å². The van der Waals surface area contributed by atoms with Crippen LogP contribution in [0.1, 0.15) is 40.5 Å². The van der Waals surface area contributed by atoms with Crippen molar-refractivity contribution in [1.82, 2.24) is 0 Å². The first-order valence-electron chi connectivity index (χ1n) is 7.02. The second kappa shape index (κ2) is 6.26. The molecule has 0 N–H and O–H groups in total. The van der Waals surface area contributed by atoms with E-state index in [0.717, 1.165) is 0 Å². The van der Waals surface area contributed by atoms with Gasteiger partial charge in [0.05, 0.1) is 13.0 Å². The molecule has 1 rings (SSSR count). The third-order valence-electron chi connectivity index (χ3n) is 3.99. The number of ether oxygens (including phenoxy) is 2. The van der Waals surface area contributed by atoms with Gasteiger partial charge in [0.1, 0.15) is 12.2 Å². The van der Waals surface area contributed by atoms with E-state index in [1.807, 2.05) is 0 Å². The van der Waals surface area contributed by atoms with Gasteiger partial charge in [-0.3, -0.25) is 9.59 Å². The largest absolute Gasteiger partial charge is 0.462 e. The number of hydrogen-bond donors (Lipinski definition) is 0. The van der Waals surface area contributed by atoms with Crippen LogP contribution < -0.4 is 0 Å². The molecule has 0 aromatic rings. The van der Waals surface area contributed by atoms with Crippen LogP contribution in [0, 0.1) is 0 Å². The monoisotopic (exact) mass is 302 g/mol. The van der Waals surface area contributed by atoms with Gasteiger partial charge in [0.2, 0.25) is 0 Å². The minimum Gasteiger partial charge on any atom is -0.462 e. The topological polar surface area (TPSA) is 61.8 Å². The second-order valence-electron chi connectivity index (χ2n) is 6.85. The third-order valence-corrected chi connectivity index (χ3v) is 8.49. The molecule has 0 saturated carbocycles.